The van der Waals surface area contributed by atoms with Crippen molar-refractivity contribution in [1.82, 2.24) is 9.80 Å². The highest BCUT2D eigenvalue weighted by molar-refractivity contribution is 5.79. The fraction of sp³-hybridized carbons (Fsp3) is 0.867. The average Bonchev–Trinajstić information content (AvgIpc) is 2.47. The first-order valence-corrected chi connectivity index (χ1v) is 7.87. The monoisotopic (exact) mass is 298 g/mol. The largest absolute Gasteiger partial charge is 0.481 e. The molecular weight excluding hydrogens is 272 g/mol. The molecule has 0 radical (unpaired) electrons. The SMILES string of the molecule is CCC1COC(C)CN1CC(=O)N1CCC(C(=O)O)CC1. The quantitative estimate of drug-likeness (QED) is 0.831. The molecule has 2 unspecified atom stereocenters. The Morgan fingerprint density at radius 3 is 2.52 bits per heavy atom. The lowest BCUT2D eigenvalue weighted by atomic mass is 9.97. The molecule has 2 saturated heterocycles. The van der Waals surface area contributed by atoms with Gasteiger partial charge in [-0.25, -0.2) is 0 Å². The van der Waals surface area contributed by atoms with Gasteiger partial charge in [0.15, 0.2) is 0 Å². The summed E-state index contributed by atoms with van der Waals surface area (Å²) in [6, 6.07) is 0.307. The van der Waals surface area contributed by atoms with Gasteiger partial charge in [-0.15, -0.1) is 0 Å². The minimum Gasteiger partial charge on any atom is -0.481 e. The van der Waals surface area contributed by atoms with Crippen molar-refractivity contribution in [3.8, 4) is 0 Å². The summed E-state index contributed by atoms with van der Waals surface area (Å²) in [5.41, 5.74) is 0. The number of likely N-dealkylation sites (tertiary alicyclic amines) is 1. The number of hydrogen-bond donors (Lipinski definition) is 1. The Labute approximate surface area is 126 Å². The molecule has 2 atom stereocenters. The molecule has 0 bridgehead atoms. The third-order valence-corrected chi connectivity index (χ3v) is 4.59. The molecule has 2 fully saturated rings. The summed E-state index contributed by atoms with van der Waals surface area (Å²) in [4.78, 5) is 27.4. The summed E-state index contributed by atoms with van der Waals surface area (Å²) in [7, 11) is 0. The standard InChI is InChI=1S/C15H26N2O4/c1-3-13-10-21-11(2)8-17(13)9-14(18)16-6-4-12(5-7-16)15(19)20/h11-13H,3-10H2,1-2H3,(H,19,20). The first kappa shape index (κ1) is 16.2. The molecule has 1 amide bonds. The molecule has 1 N–H and O–H groups in total. The second-order valence-electron chi connectivity index (χ2n) is 6.13. The lowest BCUT2D eigenvalue weighted by Gasteiger charge is -2.39. The summed E-state index contributed by atoms with van der Waals surface area (Å²) in [5, 5.41) is 8.99. The third-order valence-electron chi connectivity index (χ3n) is 4.59. The van der Waals surface area contributed by atoms with Crippen LogP contribution in [-0.2, 0) is 14.3 Å². The summed E-state index contributed by atoms with van der Waals surface area (Å²) >= 11 is 0. The number of carboxylic acid groups (broad SMARTS) is 1. The van der Waals surface area contributed by atoms with Gasteiger partial charge in [-0.1, -0.05) is 6.92 Å². The zero-order valence-electron chi connectivity index (χ0n) is 13.0. The highest BCUT2D eigenvalue weighted by Gasteiger charge is 2.31. The highest BCUT2D eigenvalue weighted by atomic mass is 16.5. The normalized spacial score (nSPS) is 28.6. The predicted molar refractivity (Wildman–Crippen MR) is 78.0 cm³/mol. The van der Waals surface area contributed by atoms with E-state index in [-0.39, 0.29) is 17.9 Å². The number of amides is 1. The molecule has 0 aliphatic carbocycles. The molecule has 2 aliphatic heterocycles. The Morgan fingerprint density at radius 1 is 1.29 bits per heavy atom. The topological polar surface area (TPSA) is 70.1 Å². The molecule has 0 aromatic rings. The van der Waals surface area contributed by atoms with Gasteiger partial charge < -0.3 is 14.7 Å². The van der Waals surface area contributed by atoms with E-state index in [1.165, 1.54) is 0 Å². The number of ether oxygens (including phenoxy) is 1. The minimum absolute atomic E-state index is 0.117. The van der Waals surface area contributed by atoms with E-state index >= 15 is 0 Å². The van der Waals surface area contributed by atoms with E-state index < -0.39 is 5.97 Å². The van der Waals surface area contributed by atoms with Crippen molar-refractivity contribution < 1.29 is 19.4 Å². The van der Waals surface area contributed by atoms with Gasteiger partial charge in [-0.05, 0) is 26.2 Å². The van der Waals surface area contributed by atoms with E-state index in [1.807, 2.05) is 11.8 Å². The van der Waals surface area contributed by atoms with Crippen LogP contribution in [-0.4, -0.2) is 71.7 Å². The molecule has 6 nitrogen and oxygen atoms in total. The lowest BCUT2D eigenvalue weighted by molar-refractivity contribution is -0.146. The van der Waals surface area contributed by atoms with E-state index in [1.54, 1.807) is 0 Å². The second kappa shape index (κ2) is 7.22. The average molecular weight is 298 g/mol. The van der Waals surface area contributed by atoms with Crippen LogP contribution in [0.25, 0.3) is 0 Å². The van der Waals surface area contributed by atoms with E-state index in [0.29, 0.717) is 45.1 Å². The van der Waals surface area contributed by atoms with Crippen molar-refractivity contribution in [2.24, 2.45) is 5.92 Å². The Balaban J connectivity index is 1.85. The van der Waals surface area contributed by atoms with Gasteiger partial charge in [0.25, 0.3) is 0 Å². The van der Waals surface area contributed by atoms with Crippen LogP contribution in [0.2, 0.25) is 0 Å². The summed E-state index contributed by atoms with van der Waals surface area (Å²) in [6.45, 7) is 7.16. The lowest BCUT2D eigenvalue weighted by Crippen LogP contribution is -2.53. The van der Waals surface area contributed by atoms with Crippen LogP contribution >= 0.6 is 0 Å². The van der Waals surface area contributed by atoms with Gasteiger partial charge in [0, 0.05) is 25.7 Å². The van der Waals surface area contributed by atoms with Crippen molar-refractivity contribution >= 4 is 11.9 Å². The first-order chi connectivity index (χ1) is 10.0. The van der Waals surface area contributed by atoms with Crippen LogP contribution in [0.15, 0.2) is 0 Å². The molecule has 0 saturated carbocycles. The maximum atomic E-state index is 12.4. The Kier molecular flexibility index (Phi) is 5.58. The van der Waals surface area contributed by atoms with Gasteiger partial charge >= 0.3 is 5.97 Å². The molecule has 6 heteroatoms. The summed E-state index contributed by atoms with van der Waals surface area (Å²) in [6.07, 6.45) is 2.27. The number of hydrogen-bond acceptors (Lipinski definition) is 4. The maximum Gasteiger partial charge on any atom is 0.306 e. The second-order valence-corrected chi connectivity index (χ2v) is 6.13. The van der Waals surface area contributed by atoms with Crippen molar-refractivity contribution in [3.63, 3.8) is 0 Å². The van der Waals surface area contributed by atoms with Crippen molar-refractivity contribution in [1.29, 1.82) is 0 Å². The van der Waals surface area contributed by atoms with Crippen LogP contribution in [0.1, 0.15) is 33.1 Å². The van der Waals surface area contributed by atoms with Crippen molar-refractivity contribution in [3.05, 3.63) is 0 Å². The smallest absolute Gasteiger partial charge is 0.306 e. The fourth-order valence-electron chi connectivity index (χ4n) is 3.13. The minimum atomic E-state index is -0.741. The Morgan fingerprint density at radius 2 is 1.95 bits per heavy atom. The predicted octanol–water partition coefficient (Wildman–Crippen LogP) is 0.809. The Bertz CT molecular complexity index is 380. The summed E-state index contributed by atoms with van der Waals surface area (Å²) in [5.74, 6) is -0.914. The zero-order chi connectivity index (χ0) is 15.4. The zero-order valence-corrected chi connectivity index (χ0v) is 13.0. The van der Waals surface area contributed by atoms with E-state index in [0.717, 1.165) is 13.0 Å². The van der Waals surface area contributed by atoms with Gasteiger partial charge in [0.2, 0.25) is 5.91 Å². The van der Waals surface area contributed by atoms with E-state index in [2.05, 4.69) is 11.8 Å². The van der Waals surface area contributed by atoms with Crippen LogP contribution in [0.5, 0.6) is 0 Å². The van der Waals surface area contributed by atoms with Gasteiger partial charge in [0.1, 0.15) is 0 Å². The molecule has 2 rings (SSSR count). The molecule has 21 heavy (non-hydrogen) atoms. The van der Waals surface area contributed by atoms with E-state index in [9.17, 15) is 9.59 Å². The molecule has 0 aromatic carbocycles. The van der Waals surface area contributed by atoms with Crippen LogP contribution in [0, 0.1) is 5.92 Å². The molecule has 2 heterocycles. The van der Waals surface area contributed by atoms with Crippen LogP contribution in [0.3, 0.4) is 0 Å². The molecule has 2 aliphatic rings. The number of carbonyl (C=O) groups is 2. The number of rotatable bonds is 4. The first-order valence-electron chi connectivity index (χ1n) is 7.87. The van der Waals surface area contributed by atoms with Crippen LogP contribution in [0.4, 0.5) is 0 Å². The Hall–Kier alpha value is -1.14. The van der Waals surface area contributed by atoms with Crippen molar-refractivity contribution in [2.75, 3.05) is 32.8 Å². The molecular formula is C15H26N2O4. The number of piperidine rings is 1. The van der Waals surface area contributed by atoms with E-state index in [4.69, 9.17) is 9.84 Å². The molecule has 0 aromatic heterocycles. The van der Waals surface area contributed by atoms with Crippen molar-refractivity contribution in [2.45, 2.75) is 45.3 Å². The van der Waals surface area contributed by atoms with Gasteiger partial charge in [-0.3, -0.25) is 14.5 Å². The van der Waals surface area contributed by atoms with Gasteiger partial charge in [-0.2, -0.15) is 0 Å². The molecule has 120 valence electrons. The number of carboxylic acids is 1. The summed E-state index contributed by atoms with van der Waals surface area (Å²) < 4.78 is 5.65. The maximum absolute atomic E-state index is 12.4. The number of carbonyl (C=O) groups excluding carboxylic acids is 1. The fourth-order valence-corrected chi connectivity index (χ4v) is 3.13. The number of aliphatic carboxylic acids is 1. The number of nitrogens with zero attached hydrogens (tertiary/aromatic N) is 2. The third kappa shape index (κ3) is 4.17. The highest BCUT2D eigenvalue weighted by Crippen LogP contribution is 2.19. The molecule has 0 spiro atoms. The number of morpholine rings is 1. The van der Waals surface area contributed by atoms with Gasteiger partial charge in [0.05, 0.1) is 25.2 Å². The van der Waals surface area contributed by atoms with Crippen LogP contribution < -0.4 is 0 Å².